The molecule has 0 radical (unpaired) electrons. The Labute approximate surface area is 143 Å². The zero-order valence-electron chi connectivity index (χ0n) is 15.4. The molecule has 1 aliphatic carbocycles. The second-order valence-electron chi connectivity index (χ2n) is 8.10. The van der Waals surface area contributed by atoms with Crippen molar-refractivity contribution >= 4 is 11.9 Å². The van der Waals surface area contributed by atoms with Crippen molar-refractivity contribution in [2.45, 2.75) is 65.3 Å². The molecule has 2 rings (SSSR count). The zero-order chi connectivity index (χ0) is 18.1. The number of amides is 1. The first-order valence-electron chi connectivity index (χ1n) is 8.71. The van der Waals surface area contributed by atoms with Gasteiger partial charge >= 0.3 is 5.97 Å². The third-order valence-electron chi connectivity index (χ3n) is 4.06. The number of carbonyl (C=O) groups is 2. The second-order valence-corrected chi connectivity index (χ2v) is 8.10. The molecule has 1 N–H and O–H groups in total. The molecular weight excluding hydrogens is 306 g/mol. The van der Waals surface area contributed by atoms with Crippen LogP contribution in [0.5, 0.6) is 0 Å². The molecule has 1 aromatic rings. The third-order valence-corrected chi connectivity index (χ3v) is 4.06. The van der Waals surface area contributed by atoms with Gasteiger partial charge in [0.05, 0.1) is 12.0 Å². The fourth-order valence-electron chi connectivity index (χ4n) is 2.82. The van der Waals surface area contributed by atoms with E-state index in [-0.39, 0.29) is 30.3 Å². The molecule has 0 spiro atoms. The minimum atomic E-state index is -0.893. The summed E-state index contributed by atoms with van der Waals surface area (Å²) in [5.41, 5.74) is 1.37. The molecule has 1 saturated carbocycles. The third kappa shape index (κ3) is 4.58. The van der Waals surface area contributed by atoms with Crippen LogP contribution in [0.1, 0.15) is 76.0 Å². The van der Waals surface area contributed by atoms with Crippen molar-refractivity contribution in [3.8, 4) is 0 Å². The Hall–Kier alpha value is -1.85. The van der Waals surface area contributed by atoms with Crippen LogP contribution in [0.25, 0.3) is 0 Å². The second kappa shape index (κ2) is 6.95. The number of hydrogen-bond acceptors (Lipinski definition) is 3. The monoisotopic (exact) mass is 335 g/mol. The lowest BCUT2D eigenvalue weighted by Crippen LogP contribution is -2.36. The van der Waals surface area contributed by atoms with Gasteiger partial charge in [-0.05, 0) is 45.6 Å². The van der Waals surface area contributed by atoms with Crippen LogP contribution in [-0.2, 0) is 10.3 Å². The summed E-state index contributed by atoms with van der Waals surface area (Å²) >= 11 is 0. The average molecular weight is 335 g/mol. The Kier molecular flexibility index (Phi) is 5.35. The van der Waals surface area contributed by atoms with Crippen molar-refractivity contribution in [1.29, 1.82) is 0 Å². The van der Waals surface area contributed by atoms with Gasteiger partial charge in [0.2, 0.25) is 0 Å². The Bertz CT molecular complexity index is 610. The quantitative estimate of drug-likeness (QED) is 0.831. The molecule has 0 atom stereocenters. The molecule has 1 fully saturated rings. The first-order chi connectivity index (χ1) is 11.1. The predicted octanol–water partition coefficient (Wildman–Crippen LogP) is 3.09. The number of carbonyl (C=O) groups excluding carboxylic acids is 1. The van der Waals surface area contributed by atoms with Gasteiger partial charge in [0.15, 0.2) is 5.69 Å². The van der Waals surface area contributed by atoms with E-state index in [2.05, 4.69) is 25.9 Å². The normalized spacial score (nSPS) is 14.9. The number of nitrogens with zero attached hydrogens (tertiary/aromatic N) is 3. The molecular formula is C18H29N3O3. The van der Waals surface area contributed by atoms with E-state index in [4.69, 9.17) is 5.11 Å². The smallest absolute Gasteiger partial charge is 0.305 e. The van der Waals surface area contributed by atoms with Crippen LogP contribution in [0.15, 0.2) is 6.07 Å². The number of aromatic nitrogens is 2. The highest BCUT2D eigenvalue weighted by Gasteiger charge is 2.33. The molecule has 0 bridgehead atoms. The van der Waals surface area contributed by atoms with Crippen molar-refractivity contribution < 1.29 is 14.7 Å². The number of hydrogen-bond donors (Lipinski definition) is 1. The van der Waals surface area contributed by atoms with Crippen molar-refractivity contribution in [2.24, 2.45) is 5.92 Å². The molecule has 0 unspecified atom stereocenters. The van der Waals surface area contributed by atoms with Crippen LogP contribution in [0.2, 0.25) is 0 Å². The van der Waals surface area contributed by atoms with E-state index in [0.29, 0.717) is 18.2 Å². The molecule has 134 valence electrons. The lowest BCUT2D eigenvalue weighted by Gasteiger charge is -2.24. The van der Waals surface area contributed by atoms with Gasteiger partial charge in [-0.1, -0.05) is 13.8 Å². The lowest BCUT2D eigenvalue weighted by atomic mass is 10.1. The molecule has 1 aliphatic rings. The van der Waals surface area contributed by atoms with E-state index < -0.39 is 5.97 Å². The molecule has 6 nitrogen and oxygen atoms in total. The number of rotatable bonds is 7. The van der Waals surface area contributed by atoms with Crippen molar-refractivity contribution in [3.05, 3.63) is 17.5 Å². The standard InChI is InChI=1S/C18H29N3O3/c1-12(2)11-20(9-8-16(22)23)17(24)14-10-15(13-6-7-13)21(19-14)18(3,4)5/h10,12-13H,6-9,11H2,1-5H3,(H,22,23). The number of carboxylic acid groups (broad SMARTS) is 1. The van der Waals surface area contributed by atoms with E-state index >= 15 is 0 Å². The Morgan fingerprint density at radius 1 is 1.38 bits per heavy atom. The summed E-state index contributed by atoms with van der Waals surface area (Å²) in [5, 5.41) is 13.5. The largest absolute Gasteiger partial charge is 0.481 e. The van der Waals surface area contributed by atoms with E-state index in [1.807, 2.05) is 24.6 Å². The summed E-state index contributed by atoms with van der Waals surface area (Å²) in [6.45, 7) is 11.0. The number of carboxylic acids is 1. The summed E-state index contributed by atoms with van der Waals surface area (Å²) in [6, 6.07) is 1.90. The van der Waals surface area contributed by atoms with Crippen molar-refractivity contribution in [3.63, 3.8) is 0 Å². The summed E-state index contributed by atoms with van der Waals surface area (Å²) in [5.74, 6) is -0.295. The molecule has 1 heterocycles. The van der Waals surface area contributed by atoms with Crippen molar-refractivity contribution in [2.75, 3.05) is 13.1 Å². The Balaban J connectivity index is 2.26. The fraction of sp³-hybridized carbons (Fsp3) is 0.722. The highest BCUT2D eigenvalue weighted by atomic mass is 16.4. The first-order valence-corrected chi connectivity index (χ1v) is 8.71. The molecule has 1 aromatic heterocycles. The summed E-state index contributed by atoms with van der Waals surface area (Å²) in [4.78, 5) is 25.4. The minimum absolute atomic E-state index is 0.0477. The van der Waals surface area contributed by atoms with Crippen LogP contribution in [0.4, 0.5) is 0 Å². The van der Waals surface area contributed by atoms with Crippen LogP contribution >= 0.6 is 0 Å². The van der Waals surface area contributed by atoms with E-state index in [1.165, 1.54) is 0 Å². The van der Waals surface area contributed by atoms with Crippen molar-refractivity contribution in [1.82, 2.24) is 14.7 Å². The first kappa shape index (κ1) is 18.5. The van der Waals surface area contributed by atoms with Gasteiger partial charge in [-0.3, -0.25) is 14.3 Å². The van der Waals surface area contributed by atoms with E-state index in [1.54, 1.807) is 4.90 Å². The van der Waals surface area contributed by atoms with E-state index in [9.17, 15) is 9.59 Å². The van der Waals surface area contributed by atoms with Crippen LogP contribution in [0, 0.1) is 5.92 Å². The average Bonchev–Trinajstić information content (AvgIpc) is 3.19. The van der Waals surface area contributed by atoms with Crippen LogP contribution < -0.4 is 0 Å². The SMILES string of the molecule is CC(C)CN(CCC(=O)O)C(=O)c1cc(C2CC2)n(C(C)(C)C)n1. The predicted molar refractivity (Wildman–Crippen MR) is 92.2 cm³/mol. The topological polar surface area (TPSA) is 75.4 Å². The summed E-state index contributed by atoms with van der Waals surface area (Å²) in [6.07, 6.45) is 2.24. The highest BCUT2D eigenvalue weighted by Crippen LogP contribution is 2.41. The van der Waals surface area contributed by atoms with Gasteiger partial charge in [0.25, 0.3) is 5.91 Å². The molecule has 6 heteroatoms. The molecule has 0 saturated heterocycles. The van der Waals surface area contributed by atoms with Gasteiger partial charge in [-0.2, -0.15) is 5.10 Å². The number of aliphatic carboxylic acids is 1. The molecule has 0 aromatic carbocycles. The van der Waals surface area contributed by atoms with Gasteiger partial charge < -0.3 is 10.0 Å². The molecule has 24 heavy (non-hydrogen) atoms. The summed E-state index contributed by atoms with van der Waals surface area (Å²) < 4.78 is 1.96. The summed E-state index contributed by atoms with van der Waals surface area (Å²) in [7, 11) is 0. The maximum Gasteiger partial charge on any atom is 0.305 e. The van der Waals surface area contributed by atoms with Gasteiger partial charge in [-0.25, -0.2) is 0 Å². The Morgan fingerprint density at radius 2 is 2.00 bits per heavy atom. The molecule has 0 aliphatic heterocycles. The lowest BCUT2D eigenvalue weighted by molar-refractivity contribution is -0.137. The maximum atomic E-state index is 12.9. The van der Waals surface area contributed by atoms with Gasteiger partial charge in [0, 0.05) is 24.7 Å². The fourth-order valence-corrected chi connectivity index (χ4v) is 2.82. The minimum Gasteiger partial charge on any atom is -0.481 e. The van der Waals surface area contributed by atoms with Crippen LogP contribution in [-0.4, -0.2) is 44.8 Å². The van der Waals surface area contributed by atoms with Crippen LogP contribution in [0.3, 0.4) is 0 Å². The zero-order valence-corrected chi connectivity index (χ0v) is 15.4. The highest BCUT2D eigenvalue weighted by molar-refractivity contribution is 5.92. The van der Waals surface area contributed by atoms with E-state index in [0.717, 1.165) is 18.5 Å². The maximum absolute atomic E-state index is 12.9. The van der Waals surface area contributed by atoms with Gasteiger partial charge in [0.1, 0.15) is 0 Å². The Morgan fingerprint density at radius 3 is 2.46 bits per heavy atom. The molecule has 1 amide bonds. The van der Waals surface area contributed by atoms with Gasteiger partial charge in [-0.15, -0.1) is 0 Å².